The van der Waals surface area contributed by atoms with Gasteiger partial charge in [0.15, 0.2) is 5.82 Å². The lowest BCUT2D eigenvalue weighted by atomic mass is 10.1. The Hall–Kier alpha value is -4.27. The van der Waals surface area contributed by atoms with E-state index < -0.39 is 4.92 Å². The van der Waals surface area contributed by atoms with Gasteiger partial charge in [0, 0.05) is 35.8 Å². The molecule has 1 amide bonds. The fourth-order valence-corrected chi connectivity index (χ4v) is 2.95. The Bertz CT molecular complexity index is 1200. The third-order valence-electron chi connectivity index (χ3n) is 4.34. The number of carbonyl (C=O) groups is 1. The minimum absolute atomic E-state index is 0.133. The van der Waals surface area contributed by atoms with E-state index in [1.807, 2.05) is 6.07 Å². The van der Waals surface area contributed by atoms with Gasteiger partial charge in [-0.25, -0.2) is 4.98 Å². The average Bonchev–Trinajstić information content (AvgIpc) is 3.05. The Morgan fingerprint density at radius 2 is 1.97 bits per heavy atom. The first-order chi connectivity index (χ1) is 14.0. The van der Waals surface area contributed by atoms with E-state index >= 15 is 0 Å². The van der Waals surface area contributed by atoms with Crippen LogP contribution in [0, 0.1) is 10.1 Å². The topological polar surface area (TPSA) is 123 Å². The molecule has 0 spiro atoms. The van der Waals surface area contributed by atoms with Crippen LogP contribution in [0.2, 0.25) is 0 Å². The third kappa shape index (κ3) is 3.74. The van der Waals surface area contributed by atoms with Crippen molar-refractivity contribution in [2.24, 2.45) is 0 Å². The van der Waals surface area contributed by atoms with Crippen molar-refractivity contribution in [3.8, 4) is 11.4 Å². The Labute approximate surface area is 164 Å². The minimum Gasteiger partial charge on any atom is -0.426 e. The van der Waals surface area contributed by atoms with Gasteiger partial charge in [-0.2, -0.15) is 4.73 Å². The number of nitro groups is 1. The van der Waals surface area contributed by atoms with E-state index in [-0.39, 0.29) is 29.4 Å². The van der Waals surface area contributed by atoms with Crippen molar-refractivity contribution in [1.82, 2.24) is 14.7 Å². The maximum Gasteiger partial charge on any atom is 0.271 e. The smallest absolute Gasteiger partial charge is 0.271 e. The maximum absolute atomic E-state index is 12.1. The molecule has 2 heterocycles. The number of benzene rings is 2. The van der Waals surface area contributed by atoms with Gasteiger partial charge in [0.25, 0.3) is 5.69 Å². The predicted molar refractivity (Wildman–Crippen MR) is 106 cm³/mol. The lowest BCUT2D eigenvalue weighted by Gasteiger charge is -2.06. The fraction of sp³-hybridized carbons (Fsp3) is 0.0500. The molecule has 2 aromatic heterocycles. The predicted octanol–water partition coefficient (Wildman–Crippen LogP) is 3.43. The van der Waals surface area contributed by atoms with Crippen LogP contribution in [0.25, 0.3) is 22.4 Å². The largest absolute Gasteiger partial charge is 0.426 e. The van der Waals surface area contributed by atoms with Gasteiger partial charge in [-0.05, 0) is 42.0 Å². The molecule has 0 aliphatic heterocycles. The third-order valence-corrected chi connectivity index (χ3v) is 4.34. The molecule has 2 N–H and O–H groups in total. The molecule has 29 heavy (non-hydrogen) atoms. The SMILES string of the molecule is O=C(Cc1cccnc1)Nc1ccc(-c2nc3ccc([N+](=O)[O-])cc3n2O)cc1. The number of anilines is 1. The summed E-state index contributed by atoms with van der Waals surface area (Å²) in [6.07, 6.45) is 3.49. The van der Waals surface area contributed by atoms with Crippen LogP contribution in [0.1, 0.15) is 5.56 Å². The van der Waals surface area contributed by atoms with E-state index in [2.05, 4.69) is 15.3 Å². The van der Waals surface area contributed by atoms with Crippen LogP contribution < -0.4 is 5.32 Å². The van der Waals surface area contributed by atoms with Gasteiger partial charge in [-0.1, -0.05) is 6.07 Å². The number of nitrogens with one attached hydrogen (secondary N) is 1. The standard InChI is InChI=1S/C20H15N5O4/c26-19(10-13-2-1-9-21-12-13)22-15-5-3-14(4-6-15)20-23-17-8-7-16(25(28)29)11-18(17)24(20)27/h1-9,11-12,27H,10H2,(H,22,26). The summed E-state index contributed by atoms with van der Waals surface area (Å²) >= 11 is 0. The number of hydrogen-bond donors (Lipinski definition) is 2. The molecule has 0 saturated carbocycles. The summed E-state index contributed by atoms with van der Waals surface area (Å²) in [5, 5.41) is 24.1. The maximum atomic E-state index is 12.1. The first-order valence-electron chi connectivity index (χ1n) is 8.66. The van der Waals surface area contributed by atoms with Crippen LogP contribution in [0.15, 0.2) is 67.0 Å². The van der Waals surface area contributed by atoms with Crippen LogP contribution in [-0.2, 0) is 11.2 Å². The first-order valence-corrected chi connectivity index (χ1v) is 8.66. The number of non-ortho nitro benzene ring substituents is 1. The van der Waals surface area contributed by atoms with Crippen LogP contribution in [0.5, 0.6) is 0 Å². The second kappa shape index (κ2) is 7.39. The molecule has 0 radical (unpaired) electrons. The number of fused-ring (bicyclic) bond motifs is 1. The van der Waals surface area contributed by atoms with Gasteiger partial charge in [-0.15, -0.1) is 0 Å². The van der Waals surface area contributed by atoms with Crippen molar-refractivity contribution in [3.63, 3.8) is 0 Å². The Kier molecular flexibility index (Phi) is 4.62. The summed E-state index contributed by atoms with van der Waals surface area (Å²) in [6, 6.07) is 14.5. The molecule has 2 aromatic carbocycles. The van der Waals surface area contributed by atoms with E-state index in [1.54, 1.807) is 42.7 Å². The molecule has 0 fully saturated rings. The Morgan fingerprint density at radius 1 is 1.17 bits per heavy atom. The fourth-order valence-electron chi connectivity index (χ4n) is 2.95. The lowest BCUT2D eigenvalue weighted by Crippen LogP contribution is -2.14. The highest BCUT2D eigenvalue weighted by Crippen LogP contribution is 2.27. The second-order valence-electron chi connectivity index (χ2n) is 6.34. The number of nitro benzene ring substituents is 1. The van der Waals surface area contributed by atoms with Gasteiger partial charge in [-0.3, -0.25) is 19.9 Å². The van der Waals surface area contributed by atoms with Gasteiger partial charge < -0.3 is 10.5 Å². The summed E-state index contributed by atoms with van der Waals surface area (Å²) < 4.78 is 0.818. The van der Waals surface area contributed by atoms with Crippen LogP contribution in [0.3, 0.4) is 0 Å². The normalized spacial score (nSPS) is 10.8. The number of rotatable bonds is 5. The number of aromatic nitrogens is 3. The van der Waals surface area contributed by atoms with Crippen molar-refractivity contribution in [2.45, 2.75) is 6.42 Å². The van der Waals surface area contributed by atoms with E-state index in [1.165, 1.54) is 18.2 Å². The summed E-state index contributed by atoms with van der Waals surface area (Å²) in [5.74, 6) is 0.0705. The van der Waals surface area contributed by atoms with Crippen molar-refractivity contribution in [1.29, 1.82) is 0 Å². The number of amides is 1. The highest BCUT2D eigenvalue weighted by atomic mass is 16.6. The zero-order valence-electron chi connectivity index (χ0n) is 15.0. The van der Waals surface area contributed by atoms with Crippen LogP contribution >= 0.6 is 0 Å². The lowest BCUT2D eigenvalue weighted by molar-refractivity contribution is -0.384. The van der Waals surface area contributed by atoms with Crippen molar-refractivity contribution < 1.29 is 14.9 Å². The van der Waals surface area contributed by atoms with Gasteiger partial charge in [0.05, 0.1) is 16.9 Å². The summed E-state index contributed by atoms with van der Waals surface area (Å²) in [5.41, 5.74) is 2.54. The quantitative estimate of drug-likeness (QED) is 0.306. The molecule has 0 atom stereocenters. The van der Waals surface area contributed by atoms with Crippen LogP contribution in [0.4, 0.5) is 11.4 Å². The molecule has 9 nitrogen and oxygen atoms in total. The molecule has 0 unspecified atom stereocenters. The number of pyridine rings is 1. The minimum atomic E-state index is -0.533. The van der Waals surface area contributed by atoms with Gasteiger partial charge in [0.1, 0.15) is 5.52 Å². The molecule has 0 saturated heterocycles. The molecule has 144 valence electrons. The van der Waals surface area contributed by atoms with Crippen molar-refractivity contribution in [2.75, 3.05) is 5.32 Å². The Morgan fingerprint density at radius 3 is 2.66 bits per heavy atom. The molecule has 0 aliphatic carbocycles. The van der Waals surface area contributed by atoms with Gasteiger partial charge in [0.2, 0.25) is 5.91 Å². The molecule has 4 aromatic rings. The zero-order valence-corrected chi connectivity index (χ0v) is 15.0. The molecular formula is C20H15N5O4. The Balaban J connectivity index is 1.54. The summed E-state index contributed by atoms with van der Waals surface area (Å²) in [4.78, 5) is 30.8. The highest BCUT2D eigenvalue weighted by Gasteiger charge is 2.16. The monoisotopic (exact) mass is 389 g/mol. The van der Waals surface area contributed by atoms with Crippen LogP contribution in [-0.4, -0.2) is 30.7 Å². The number of nitrogens with zero attached hydrogens (tertiary/aromatic N) is 4. The second-order valence-corrected chi connectivity index (χ2v) is 6.34. The van der Waals surface area contributed by atoms with Gasteiger partial charge >= 0.3 is 0 Å². The molecular weight excluding hydrogens is 374 g/mol. The first kappa shape index (κ1) is 18.1. The molecule has 4 rings (SSSR count). The average molecular weight is 389 g/mol. The molecule has 9 heteroatoms. The zero-order chi connectivity index (χ0) is 20.4. The number of imidazole rings is 1. The summed E-state index contributed by atoms with van der Waals surface area (Å²) in [7, 11) is 0. The van der Waals surface area contributed by atoms with E-state index in [4.69, 9.17) is 0 Å². The van der Waals surface area contributed by atoms with Crippen molar-refractivity contribution in [3.05, 3.63) is 82.7 Å². The molecule has 0 aliphatic rings. The van der Waals surface area contributed by atoms with E-state index in [0.717, 1.165) is 10.3 Å². The highest BCUT2D eigenvalue weighted by molar-refractivity contribution is 5.92. The van der Waals surface area contributed by atoms with E-state index in [9.17, 15) is 20.1 Å². The number of carbonyl (C=O) groups excluding carboxylic acids is 1. The number of hydrogen-bond acceptors (Lipinski definition) is 6. The van der Waals surface area contributed by atoms with Crippen molar-refractivity contribution >= 4 is 28.3 Å². The summed E-state index contributed by atoms with van der Waals surface area (Å²) in [6.45, 7) is 0. The molecule has 0 bridgehead atoms. The van der Waals surface area contributed by atoms with E-state index in [0.29, 0.717) is 16.8 Å².